The molecule has 1 unspecified atom stereocenters. The van der Waals surface area contributed by atoms with E-state index in [0.29, 0.717) is 12.3 Å². The largest absolute Gasteiger partial charge is 0.311 e. The Morgan fingerprint density at radius 1 is 1.00 bits per heavy atom. The Balaban J connectivity index is 1.86. The molecule has 0 aromatic heterocycles. The Morgan fingerprint density at radius 3 is 2.31 bits per heavy atom. The van der Waals surface area contributed by atoms with Crippen LogP contribution in [0.4, 0.5) is 8.78 Å². The Morgan fingerprint density at radius 2 is 1.69 bits per heavy atom. The predicted molar refractivity (Wildman–Crippen MR) is 61.7 cm³/mol. The van der Waals surface area contributed by atoms with E-state index in [-0.39, 0.29) is 12.5 Å². The molecular formula is C13H23F2N. The summed E-state index contributed by atoms with van der Waals surface area (Å²) in [6.45, 7) is 0.664. The molecule has 2 aliphatic rings. The van der Waals surface area contributed by atoms with E-state index in [1.807, 2.05) is 0 Å². The van der Waals surface area contributed by atoms with Crippen LogP contribution in [-0.4, -0.2) is 19.0 Å². The number of rotatable bonds is 2. The van der Waals surface area contributed by atoms with Gasteiger partial charge in [-0.15, -0.1) is 0 Å². The first-order valence-electron chi connectivity index (χ1n) is 6.77. The minimum Gasteiger partial charge on any atom is -0.311 e. The second-order valence-corrected chi connectivity index (χ2v) is 5.52. The van der Waals surface area contributed by atoms with Gasteiger partial charge < -0.3 is 5.32 Å². The van der Waals surface area contributed by atoms with Gasteiger partial charge in [0.1, 0.15) is 0 Å². The molecule has 2 rings (SSSR count). The first-order valence-corrected chi connectivity index (χ1v) is 6.77. The van der Waals surface area contributed by atoms with Gasteiger partial charge in [0.05, 0.1) is 6.54 Å². The molecule has 0 bridgehead atoms. The van der Waals surface area contributed by atoms with E-state index >= 15 is 0 Å². The summed E-state index contributed by atoms with van der Waals surface area (Å²) in [7, 11) is 0. The maximum absolute atomic E-state index is 13.7. The first kappa shape index (κ1) is 12.3. The maximum Gasteiger partial charge on any atom is 0.263 e. The zero-order chi connectivity index (χ0) is 11.4. The lowest BCUT2D eigenvalue weighted by Gasteiger charge is -2.34. The number of nitrogens with one attached hydrogen (secondary N) is 1. The van der Waals surface area contributed by atoms with Gasteiger partial charge in [0.15, 0.2) is 0 Å². The molecule has 0 radical (unpaired) electrons. The van der Waals surface area contributed by atoms with E-state index in [0.717, 1.165) is 13.0 Å². The first-order chi connectivity index (χ1) is 7.68. The zero-order valence-electron chi connectivity index (χ0n) is 9.98. The van der Waals surface area contributed by atoms with Crippen LogP contribution in [-0.2, 0) is 0 Å². The third kappa shape index (κ3) is 3.16. The highest BCUT2D eigenvalue weighted by atomic mass is 19.3. The highest BCUT2D eigenvalue weighted by Crippen LogP contribution is 2.37. The summed E-state index contributed by atoms with van der Waals surface area (Å²) < 4.78 is 27.3. The summed E-state index contributed by atoms with van der Waals surface area (Å²) >= 11 is 0. The molecule has 1 aliphatic heterocycles. The van der Waals surface area contributed by atoms with Crippen LogP contribution in [0.3, 0.4) is 0 Å². The number of alkyl halides is 2. The van der Waals surface area contributed by atoms with Gasteiger partial charge in [0.25, 0.3) is 5.92 Å². The average Bonchev–Trinajstić information content (AvgIpc) is 2.49. The molecule has 16 heavy (non-hydrogen) atoms. The van der Waals surface area contributed by atoms with E-state index in [2.05, 4.69) is 5.32 Å². The standard InChI is InChI=1S/C13H23F2N/c14-13(15)10-16-8-7-12(13)9-11-5-3-1-2-4-6-11/h11-12,16H,1-10H2. The van der Waals surface area contributed by atoms with Crippen molar-refractivity contribution in [3.05, 3.63) is 0 Å². The second kappa shape index (κ2) is 5.44. The number of piperidine rings is 1. The lowest BCUT2D eigenvalue weighted by atomic mass is 9.82. The van der Waals surface area contributed by atoms with Crippen molar-refractivity contribution in [2.45, 2.75) is 57.3 Å². The van der Waals surface area contributed by atoms with E-state index in [1.165, 1.54) is 38.5 Å². The third-order valence-corrected chi connectivity index (χ3v) is 4.22. The van der Waals surface area contributed by atoms with E-state index < -0.39 is 5.92 Å². The van der Waals surface area contributed by atoms with Gasteiger partial charge in [0, 0.05) is 5.92 Å². The van der Waals surface area contributed by atoms with Crippen molar-refractivity contribution in [1.29, 1.82) is 0 Å². The number of halogens is 2. The topological polar surface area (TPSA) is 12.0 Å². The van der Waals surface area contributed by atoms with Crippen LogP contribution in [0.15, 0.2) is 0 Å². The predicted octanol–water partition coefficient (Wildman–Crippen LogP) is 3.59. The van der Waals surface area contributed by atoms with Gasteiger partial charge in [-0.05, 0) is 25.3 Å². The summed E-state index contributed by atoms with van der Waals surface area (Å²) in [6.07, 6.45) is 8.89. The van der Waals surface area contributed by atoms with Gasteiger partial charge in [-0.3, -0.25) is 0 Å². The fraction of sp³-hybridized carbons (Fsp3) is 1.00. The molecule has 1 N–H and O–H groups in total. The minimum absolute atomic E-state index is 0.107. The van der Waals surface area contributed by atoms with Crippen molar-refractivity contribution in [3.63, 3.8) is 0 Å². The van der Waals surface area contributed by atoms with Crippen LogP contribution in [0.5, 0.6) is 0 Å². The van der Waals surface area contributed by atoms with Crippen molar-refractivity contribution in [2.75, 3.05) is 13.1 Å². The van der Waals surface area contributed by atoms with Crippen molar-refractivity contribution in [1.82, 2.24) is 5.32 Å². The molecule has 0 aromatic rings. The van der Waals surface area contributed by atoms with Gasteiger partial charge >= 0.3 is 0 Å². The van der Waals surface area contributed by atoms with E-state index in [1.54, 1.807) is 0 Å². The third-order valence-electron chi connectivity index (χ3n) is 4.22. The van der Waals surface area contributed by atoms with Crippen LogP contribution < -0.4 is 5.32 Å². The van der Waals surface area contributed by atoms with Crippen molar-refractivity contribution >= 4 is 0 Å². The molecule has 0 aromatic carbocycles. The average molecular weight is 231 g/mol. The Labute approximate surface area is 97.0 Å². The normalized spacial score (nSPS) is 32.2. The van der Waals surface area contributed by atoms with Crippen LogP contribution in [0.25, 0.3) is 0 Å². The Bertz CT molecular complexity index is 210. The summed E-state index contributed by atoms with van der Waals surface area (Å²) in [5.74, 6) is -2.27. The Hall–Kier alpha value is -0.180. The second-order valence-electron chi connectivity index (χ2n) is 5.52. The van der Waals surface area contributed by atoms with Crippen molar-refractivity contribution < 1.29 is 8.78 Å². The van der Waals surface area contributed by atoms with Gasteiger partial charge in [-0.1, -0.05) is 38.5 Å². The maximum atomic E-state index is 13.7. The Kier molecular flexibility index (Phi) is 4.17. The molecule has 0 amide bonds. The van der Waals surface area contributed by atoms with E-state index in [4.69, 9.17) is 0 Å². The summed E-state index contributed by atoms with van der Waals surface area (Å²) in [4.78, 5) is 0. The van der Waals surface area contributed by atoms with Crippen molar-refractivity contribution in [3.8, 4) is 0 Å². The molecule has 1 aliphatic carbocycles. The quantitative estimate of drug-likeness (QED) is 0.716. The smallest absolute Gasteiger partial charge is 0.263 e. The lowest BCUT2D eigenvalue weighted by molar-refractivity contribution is -0.0814. The van der Waals surface area contributed by atoms with Crippen LogP contribution >= 0.6 is 0 Å². The molecule has 0 spiro atoms. The molecule has 1 heterocycles. The van der Waals surface area contributed by atoms with Gasteiger partial charge in [0.2, 0.25) is 0 Å². The molecule has 1 saturated carbocycles. The highest BCUT2D eigenvalue weighted by molar-refractivity contribution is 4.86. The number of hydrogen-bond acceptors (Lipinski definition) is 1. The summed E-state index contributed by atoms with van der Waals surface area (Å²) in [5, 5.41) is 2.80. The summed E-state index contributed by atoms with van der Waals surface area (Å²) in [6, 6.07) is 0. The zero-order valence-corrected chi connectivity index (χ0v) is 9.98. The molecule has 1 atom stereocenters. The fourth-order valence-corrected chi connectivity index (χ4v) is 3.18. The van der Waals surface area contributed by atoms with Crippen LogP contribution in [0.1, 0.15) is 51.4 Å². The monoisotopic (exact) mass is 231 g/mol. The molecule has 94 valence electrons. The van der Waals surface area contributed by atoms with Crippen molar-refractivity contribution in [2.24, 2.45) is 11.8 Å². The molecule has 2 fully saturated rings. The molecular weight excluding hydrogens is 208 g/mol. The molecule has 1 saturated heterocycles. The molecule has 1 nitrogen and oxygen atoms in total. The fourth-order valence-electron chi connectivity index (χ4n) is 3.18. The minimum atomic E-state index is -2.47. The number of hydrogen-bond donors (Lipinski definition) is 1. The van der Waals surface area contributed by atoms with Crippen LogP contribution in [0, 0.1) is 11.8 Å². The molecule has 3 heteroatoms. The van der Waals surface area contributed by atoms with Gasteiger partial charge in [-0.25, -0.2) is 8.78 Å². The van der Waals surface area contributed by atoms with Crippen LogP contribution in [0.2, 0.25) is 0 Å². The van der Waals surface area contributed by atoms with Gasteiger partial charge in [-0.2, -0.15) is 0 Å². The lowest BCUT2D eigenvalue weighted by Crippen LogP contribution is -2.46. The summed E-state index contributed by atoms with van der Waals surface area (Å²) in [5.41, 5.74) is 0. The van der Waals surface area contributed by atoms with E-state index in [9.17, 15) is 8.78 Å². The SMILES string of the molecule is FC1(F)CNCCC1CC1CCCCCC1. The highest BCUT2D eigenvalue weighted by Gasteiger charge is 2.42.